The van der Waals surface area contributed by atoms with Gasteiger partial charge in [-0.3, -0.25) is 0 Å². The highest BCUT2D eigenvalue weighted by Crippen LogP contribution is 2.51. The molecule has 0 fully saturated rings. The van der Waals surface area contributed by atoms with Crippen LogP contribution >= 0.6 is 0 Å². The van der Waals surface area contributed by atoms with Gasteiger partial charge in [-0.15, -0.1) is 0 Å². The number of hydrogen-bond acceptors (Lipinski definition) is 9. The molecule has 0 aliphatic carbocycles. The molecule has 0 saturated heterocycles. The average molecular weight is 625 g/mol. The fourth-order valence-corrected chi connectivity index (χ4v) is 4.92. The fraction of sp³-hybridized carbons (Fsp3) is 0.189. The van der Waals surface area contributed by atoms with Crippen molar-refractivity contribution in [3.63, 3.8) is 0 Å². The van der Waals surface area contributed by atoms with E-state index in [0.29, 0.717) is 56.6 Å². The summed E-state index contributed by atoms with van der Waals surface area (Å²) < 4.78 is 38.7. The quantitative estimate of drug-likeness (QED) is 0.119. The minimum absolute atomic E-state index is 0.394. The summed E-state index contributed by atoms with van der Waals surface area (Å²) in [5.74, 6) is 1.54. The van der Waals surface area contributed by atoms with Crippen LogP contribution in [0, 0.1) is 0 Å². The molecule has 0 bridgehead atoms. The van der Waals surface area contributed by atoms with Gasteiger partial charge in [0.15, 0.2) is 23.0 Å². The Kier molecular flexibility index (Phi) is 11.1. The standard InChI is InChI=1S/C37H36O9/c1-40-31-21-25(9-8-23-10-15-26(16-11-23)36(38)45-6)20-29(33(31)42-3)30-22-28(32(41-2)35(44-5)34(30)43-4)19-14-24-12-17-27(18-13-24)37(39)46-7/h8-22H,1-7H3. The molecule has 0 heterocycles. The van der Waals surface area contributed by atoms with E-state index in [-0.39, 0.29) is 0 Å². The molecule has 9 heteroatoms. The summed E-state index contributed by atoms with van der Waals surface area (Å²) in [6, 6.07) is 19.9. The van der Waals surface area contributed by atoms with E-state index in [4.69, 9.17) is 33.2 Å². The van der Waals surface area contributed by atoms with Gasteiger partial charge >= 0.3 is 11.9 Å². The van der Waals surface area contributed by atoms with Crippen LogP contribution in [0.1, 0.15) is 43.0 Å². The molecule has 4 rings (SSSR count). The van der Waals surface area contributed by atoms with Crippen LogP contribution < -0.4 is 23.7 Å². The molecule has 0 aliphatic rings. The van der Waals surface area contributed by atoms with Crippen molar-refractivity contribution in [1.82, 2.24) is 0 Å². The molecule has 0 saturated carbocycles. The highest BCUT2D eigenvalue weighted by Gasteiger charge is 2.24. The molecule has 238 valence electrons. The Balaban J connectivity index is 1.84. The van der Waals surface area contributed by atoms with Gasteiger partial charge in [-0.2, -0.15) is 0 Å². The Morgan fingerprint density at radius 3 is 1.37 bits per heavy atom. The Morgan fingerprint density at radius 1 is 0.457 bits per heavy atom. The van der Waals surface area contributed by atoms with Crippen molar-refractivity contribution in [2.75, 3.05) is 49.8 Å². The third-order valence-electron chi connectivity index (χ3n) is 7.21. The van der Waals surface area contributed by atoms with Crippen LogP contribution in [-0.2, 0) is 9.47 Å². The van der Waals surface area contributed by atoms with E-state index in [1.54, 1.807) is 59.8 Å². The van der Waals surface area contributed by atoms with Crippen molar-refractivity contribution < 1.29 is 42.7 Å². The monoisotopic (exact) mass is 624 g/mol. The molecule has 0 N–H and O–H groups in total. The molecular weight excluding hydrogens is 588 g/mol. The molecular formula is C37H36O9. The number of hydrogen-bond donors (Lipinski definition) is 0. The number of carbonyl (C=O) groups is 2. The summed E-state index contributed by atoms with van der Waals surface area (Å²) in [6.07, 6.45) is 7.65. The van der Waals surface area contributed by atoms with E-state index in [1.165, 1.54) is 14.2 Å². The van der Waals surface area contributed by atoms with Gasteiger partial charge in [0, 0.05) is 16.7 Å². The molecule has 4 aromatic rings. The molecule has 46 heavy (non-hydrogen) atoms. The van der Waals surface area contributed by atoms with Crippen LogP contribution in [0.3, 0.4) is 0 Å². The Bertz CT molecular complexity index is 1750. The second-order valence-electron chi connectivity index (χ2n) is 9.81. The Labute approximate surface area is 268 Å². The van der Waals surface area contributed by atoms with Crippen LogP contribution in [0.25, 0.3) is 35.4 Å². The third kappa shape index (κ3) is 7.15. The zero-order chi connectivity index (χ0) is 33.2. The third-order valence-corrected chi connectivity index (χ3v) is 7.21. The maximum absolute atomic E-state index is 11.8. The molecule has 9 nitrogen and oxygen atoms in total. The maximum atomic E-state index is 11.8. The first-order valence-electron chi connectivity index (χ1n) is 14.1. The van der Waals surface area contributed by atoms with Gasteiger partial charge in [0.1, 0.15) is 0 Å². The van der Waals surface area contributed by atoms with E-state index < -0.39 is 11.9 Å². The summed E-state index contributed by atoms with van der Waals surface area (Å²) in [6.45, 7) is 0. The number of benzene rings is 4. The predicted octanol–water partition coefficient (Wildman–Crippen LogP) is 7.31. The van der Waals surface area contributed by atoms with Crippen LogP contribution in [0.5, 0.6) is 28.7 Å². The summed E-state index contributed by atoms with van der Waals surface area (Å²) >= 11 is 0. The van der Waals surface area contributed by atoms with E-state index >= 15 is 0 Å². The van der Waals surface area contributed by atoms with Crippen LogP contribution in [0.2, 0.25) is 0 Å². The van der Waals surface area contributed by atoms with Gasteiger partial charge in [-0.05, 0) is 59.2 Å². The largest absolute Gasteiger partial charge is 0.493 e. The van der Waals surface area contributed by atoms with Crippen molar-refractivity contribution in [3.05, 3.63) is 100 Å². The summed E-state index contributed by atoms with van der Waals surface area (Å²) in [5.41, 5.74) is 5.57. The van der Waals surface area contributed by atoms with Crippen molar-refractivity contribution in [1.29, 1.82) is 0 Å². The predicted molar refractivity (Wildman–Crippen MR) is 178 cm³/mol. The molecule has 0 unspecified atom stereocenters. The second-order valence-corrected chi connectivity index (χ2v) is 9.81. The maximum Gasteiger partial charge on any atom is 0.337 e. The van der Waals surface area contributed by atoms with Crippen molar-refractivity contribution in [2.24, 2.45) is 0 Å². The minimum atomic E-state index is -0.403. The number of rotatable bonds is 12. The first-order valence-corrected chi connectivity index (χ1v) is 14.1. The lowest BCUT2D eigenvalue weighted by Gasteiger charge is -2.21. The van der Waals surface area contributed by atoms with Gasteiger partial charge in [0.2, 0.25) is 5.75 Å². The van der Waals surface area contributed by atoms with Crippen molar-refractivity contribution in [3.8, 4) is 39.9 Å². The Morgan fingerprint density at radius 2 is 0.913 bits per heavy atom. The second kappa shape index (κ2) is 15.3. The lowest BCUT2D eigenvalue weighted by Crippen LogP contribution is -2.01. The minimum Gasteiger partial charge on any atom is -0.493 e. The zero-order valence-electron chi connectivity index (χ0n) is 26.8. The molecule has 0 aromatic heterocycles. The van der Waals surface area contributed by atoms with E-state index in [2.05, 4.69) is 0 Å². The van der Waals surface area contributed by atoms with Gasteiger partial charge in [0.25, 0.3) is 0 Å². The molecule has 0 spiro atoms. The summed E-state index contributed by atoms with van der Waals surface area (Å²) in [7, 11) is 10.5. The van der Waals surface area contributed by atoms with Crippen molar-refractivity contribution in [2.45, 2.75) is 0 Å². The molecule has 0 amide bonds. The molecule has 0 radical (unpaired) electrons. The van der Waals surface area contributed by atoms with Crippen molar-refractivity contribution >= 4 is 36.2 Å². The number of ether oxygens (including phenoxy) is 7. The molecule has 0 atom stereocenters. The highest BCUT2D eigenvalue weighted by molar-refractivity contribution is 5.91. The smallest absolute Gasteiger partial charge is 0.337 e. The van der Waals surface area contributed by atoms with Crippen LogP contribution in [0.15, 0.2) is 66.7 Å². The number of methoxy groups -OCH3 is 7. The fourth-order valence-electron chi connectivity index (χ4n) is 4.92. The Hall–Kier alpha value is -5.70. The van der Waals surface area contributed by atoms with Crippen LogP contribution in [-0.4, -0.2) is 61.7 Å². The summed E-state index contributed by atoms with van der Waals surface area (Å²) in [4.78, 5) is 23.7. The normalized spacial score (nSPS) is 10.9. The lowest BCUT2D eigenvalue weighted by atomic mass is 9.96. The van der Waals surface area contributed by atoms with Gasteiger partial charge in [0.05, 0.1) is 60.9 Å². The zero-order valence-corrected chi connectivity index (χ0v) is 26.8. The summed E-state index contributed by atoms with van der Waals surface area (Å²) in [5, 5.41) is 0. The van der Waals surface area contributed by atoms with E-state index in [9.17, 15) is 9.59 Å². The SMILES string of the molecule is COC(=O)c1ccc(C=Cc2cc(OC)c(OC)c(-c3cc(C=Cc4ccc(C(=O)OC)cc4)c(OC)c(OC)c3OC)c2)cc1. The number of esters is 2. The molecule has 4 aromatic carbocycles. The van der Waals surface area contributed by atoms with E-state index in [0.717, 1.165) is 16.7 Å². The first-order chi connectivity index (χ1) is 22.3. The van der Waals surface area contributed by atoms with E-state index in [1.807, 2.05) is 66.8 Å². The van der Waals surface area contributed by atoms with Gasteiger partial charge in [-0.25, -0.2) is 9.59 Å². The topological polar surface area (TPSA) is 98.8 Å². The average Bonchev–Trinajstić information content (AvgIpc) is 3.11. The highest BCUT2D eigenvalue weighted by atomic mass is 16.5. The van der Waals surface area contributed by atoms with Crippen LogP contribution in [0.4, 0.5) is 0 Å². The molecule has 0 aliphatic heterocycles. The van der Waals surface area contributed by atoms with Gasteiger partial charge < -0.3 is 33.2 Å². The number of carbonyl (C=O) groups excluding carboxylic acids is 2. The van der Waals surface area contributed by atoms with Gasteiger partial charge in [-0.1, -0.05) is 48.6 Å². The lowest BCUT2D eigenvalue weighted by molar-refractivity contribution is 0.0592. The first kappa shape index (κ1) is 33.2.